The summed E-state index contributed by atoms with van der Waals surface area (Å²) in [7, 11) is 0. The van der Waals surface area contributed by atoms with Crippen LogP contribution in [0.2, 0.25) is 0 Å². The first-order valence-corrected chi connectivity index (χ1v) is 5.00. The highest BCUT2D eigenvalue weighted by Gasteiger charge is 2.28. The number of rotatable bonds is 3. The van der Waals surface area contributed by atoms with Crippen LogP contribution in [0.3, 0.4) is 0 Å². The van der Waals surface area contributed by atoms with Crippen molar-refractivity contribution >= 4 is 11.9 Å². The highest BCUT2D eigenvalue weighted by Crippen LogP contribution is 2.30. The van der Waals surface area contributed by atoms with Crippen LogP contribution in [0.5, 0.6) is 11.5 Å². The molecular formula is C11H11NO5. The topological polar surface area (TPSA) is 87.9 Å². The van der Waals surface area contributed by atoms with E-state index in [0.717, 1.165) is 0 Å². The van der Waals surface area contributed by atoms with E-state index in [1.54, 1.807) is 24.3 Å². The molecule has 17 heavy (non-hydrogen) atoms. The van der Waals surface area contributed by atoms with Crippen LogP contribution in [0, 0.1) is 0 Å². The largest absolute Gasteiger partial charge is 0.485 e. The van der Waals surface area contributed by atoms with Gasteiger partial charge in [-0.05, 0) is 12.1 Å². The van der Waals surface area contributed by atoms with Gasteiger partial charge in [-0.1, -0.05) is 12.1 Å². The van der Waals surface area contributed by atoms with E-state index in [4.69, 9.17) is 15.2 Å². The van der Waals surface area contributed by atoms with Gasteiger partial charge in [0, 0.05) is 0 Å². The minimum Gasteiger partial charge on any atom is -0.485 e. The van der Waals surface area contributed by atoms with Crippen molar-refractivity contribution in [3.8, 4) is 11.5 Å². The number of para-hydroxylation sites is 2. The Hall–Kier alpha value is -2.24. The number of benzene rings is 1. The number of ether oxygens (including phenoxy) is 3. The molecule has 90 valence electrons. The Bertz CT molecular complexity index is 445. The third-order valence-corrected chi connectivity index (χ3v) is 2.13. The second-order valence-electron chi connectivity index (χ2n) is 3.44. The Kier molecular flexibility index (Phi) is 3.13. The molecule has 0 radical (unpaired) electrons. The molecule has 1 atom stereocenters. The van der Waals surface area contributed by atoms with Gasteiger partial charge in [-0.25, -0.2) is 4.79 Å². The van der Waals surface area contributed by atoms with Gasteiger partial charge in [0.05, 0.1) is 0 Å². The van der Waals surface area contributed by atoms with Crippen molar-refractivity contribution in [2.45, 2.75) is 6.10 Å². The highest BCUT2D eigenvalue weighted by molar-refractivity contribution is 5.81. The fraction of sp³-hybridized carbons (Fsp3) is 0.273. The molecule has 1 aliphatic rings. The molecule has 1 heterocycles. The second kappa shape index (κ2) is 4.73. The van der Waals surface area contributed by atoms with E-state index in [1.807, 2.05) is 0 Å². The maximum atomic E-state index is 11.5. The van der Waals surface area contributed by atoms with Crippen LogP contribution in [0.15, 0.2) is 24.3 Å². The number of carbonyl (C=O) groups excluding carboxylic acids is 2. The summed E-state index contributed by atoms with van der Waals surface area (Å²) in [5.41, 5.74) is 4.86. The number of primary amides is 1. The van der Waals surface area contributed by atoms with Crippen molar-refractivity contribution < 1.29 is 23.8 Å². The Labute approximate surface area is 97.3 Å². The molecular weight excluding hydrogens is 226 g/mol. The van der Waals surface area contributed by atoms with Crippen molar-refractivity contribution in [2.75, 3.05) is 13.2 Å². The molecule has 2 N–H and O–H groups in total. The van der Waals surface area contributed by atoms with E-state index in [9.17, 15) is 9.59 Å². The van der Waals surface area contributed by atoms with Crippen LogP contribution in [0.25, 0.3) is 0 Å². The first-order valence-electron chi connectivity index (χ1n) is 5.00. The summed E-state index contributed by atoms with van der Waals surface area (Å²) < 4.78 is 15.3. The first-order chi connectivity index (χ1) is 8.16. The van der Waals surface area contributed by atoms with Crippen molar-refractivity contribution in [1.82, 2.24) is 0 Å². The molecule has 0 saturated heterocycles. The molecule has 6 nitrogen and oxygen atoms in total. The molecule has 1 aromatic rings. The smallest absolute Gasteiger partial charge is 0.351 e. The predicted octanol–water partition coefficient (Wildman–Crippen LogP) is -0.145. The summed E-state index contributed by atoms with van der Waals surface area (Å²) in [6.07, 6.45) is -0.871. The molecule has 1 amide bonds. The molecule has 1 aliphatic heterocycles. The Morgan fingerprint density at radius 1 is 1.35 bits per heavy atom. The fourth-order valence-electron chi connectivity index (χ4n) is 1.37. The number of hydrogen-bond acceptors (Lipinski definition) is 5. The van der Waals surface area contributed by atoms with Crippen LogP contribution < -0.4 is 15.2 Å². The molecule has 0 fully saturated rings. The van der Waals surface area contributed by atoms with E-state index in [-0.39, 0.29) is 6.61 Å². The summed E-state index contributed by atoms with van der Waals surface area (Å²) in [5, 5.41) is 0. The first kappa shape index (κ1) is 11.3. The molecule has 0 bridgehead atoms. The molecule has 0 unspecified atom stereocenters. The number of fused-ring (bicyclic) bond motifs is 1. The summed E-state index contributed by atoms with van der Waals surface area (Å²) in [5.74, 6) is -0.333. The number of esters is 1. The second-order valence-corrected chi connectivity index (χ2v) is 3.44. The van der Waals surface area contributed by atoms with E-state index >= 15 is 0 Å². The SMILES string of the molecule is NC(=O)COC(=O)[C@H]1COc2ccccc2O1. The molecule has 0 aromatic heterocycles. The van der Waals surface area contributed by atoms with Crippen molar-refractivity contribution in [2.24, 2.45) is 5.73 Å². The summed E-state index contributed by atoms with van der Waals surface area (Å²) in [6, 6.07) is 6.98. The molecule has 2 rings (SSSR count). The minimum atomic E-state index is -0.871. The maximum absolute atomic E-state index is 11.5. The van der Waals surface area contributed by atoms with Gasteiger partial charge in [-0.2, -0.15) is 0 Å². The van der Waals surface area contributed by atoms with Gasteiger partial charge in [-0.15, -0.1) is 0 Å². The summed E-state index contributed by atoms with van der Waals surface area (Å²) in [6.45, 7) is -0.408. The van der Waals surface area contributed by atoms with Crippen molar-refractivity contribution in [3.05, 3.63) is 24.3 Å². The molecule has 6 heteroatoms. The van der Waals surface area contributed by atoms with Crippen LogP contribution in [0.4, 0.5) is 0 Å². The quantitative estimate of drug-likeness (QED) is 0.739. The van der Waals surface area contributed by atoms with Gasteiger partial charge in [0.25, 0.3) is 5.91 Å². The standard InChI is InChI=1S/C11H11NO5/c12-10(13)6-16-11(14)9-5-15-7-3-1-2-4-8(7)17-9/h1-4,9H,5-6H2,(H2,12,13)/t9-/m1/s1. The van der Waals surface area contributed by atoms with Crippen LogP contribution in [0.1, 0.15) is 0 Å². The van der Waals surface area contributed by atoms with E-state index in [0.29, 0.717) is 11.5 Å². The number of amides is 1. The molecule has 0 aliphatic carbocycles. The molecule has 0 saturated carbocycles. The fourth-order valence-corrected chi connectivity index (χ4v) is 1.37. The molecule has 0 spiro atoms. The zero-order valence-corrected chi connectivity index (χ0v) is 8.92. The zero-order valence-electron chi connectivity index (χ0n) is 8.92. The van der Waals surface area contributed by atoms with Gasteiger partial charge in [0.1, 0.15) is 6.61 Å². The van der Waals surface area contributed by atoms with Gasteiger partial charge >= 0.3 is 5.97 Å². The number of hydrogen-bond donors (Lipinski definition) is 1. The third-order valence-electron chi connectivity index (χ3n) is 2.13. The van der Waals surface area contributed by atoms with E-state index < -0.39 is 24.6 Å². The Morgan fingerprint density at radius 3 is 2.76 bits per heavy atom. The molecule has 1 aromatic carbocycles. The van der Waals surface area contributed by atoms with Crippen molar-refractivity contribution in [1.29, 1.82) is 0 Å². The maximum Gasteiger partial charge on any atom is 0.351 e. The third kappa shape index (κ3) is 2.66. The van der Waals surface area contributed by atoms with Crippen molar-refractivity contribution in [3.63, 3.8) is 0 Å². The lowest BCUT2D eigenvalue weighted by molar-refractivity contribution is -0.157. The Balaban J connectivity index is 1.97. The lowest BCUT2D eigenvalue weighted by atomic mass is 10.2. The van der Waals surface area contributed by atoms with Gasteiger partial charge in [0.15, 0.2) is 18.1 Å². The minimum absolute atomic E-state index is 0.0502. The van der Waals surface area contributed by atoms with Gasteiger partial charge < -0.3 is 19.9 Å². The van der Waals surface area contributed by atoms with Crippen LogP contribution >= 0.6 is 0 Å². The summed E-state index contributed by atoms with van der Waals surface area (Å²) >= 11 is 0. The van der Waals surface area contributed by atoms with Gasteiger partial charge in [0.2, 0.25) is 6.10 Å². The van der Waals surface area contributed by atoms with Gasteiger partial charge in [-0.3, -0.25) is 4.79 Å². The van der Waals surface area contributed by atoms with Crippen LogP contribution in [-0.2, 0) is 14.3 Å². The number of nitrogens with two attached hydrogens (primary N) is 1. The highest BCUT2D eigenvalue weighted by atomic mass is 16.6. The van der Waals surface area contributed by atoms with Crippen LogP contribution in [-0.4, -0.2) is 31.2 Å². The number of carbonyl (C=O) groups is 2. The lowest BCUT2D eigenvalue weighted by Crippen LogP contribution is -2.39. The average molecular weight is 237 g/mol. The monoisotopic (exact) mass is 237 g/mol. The Morgan fingerprint density at radius 2 is 2.06 bits per heavy atom. The lowest BCUT2D eigenvalue weighted by Gasteiger charge is -2.24. The summed E-state index contributed by atoms with van der Waals surface area (Å²) in [4.78, 5) is 21.9. The zero-order chi connectivity index (χ0) is 12.3. The predicted molar refractivity (Wildman–Crippen MR) is 56.5 cm³/mol. The van der Waals surface area contributed by atoms with E-state index in [2.05, 4.69) is 4.74 Å². The average Bonchev–Trinajstić information content (AvgIpc) is 2.35. The normalized spacial score (nSPS) is 17.3. The van der Waals surface area contributed by atoms with E-state index in [1.165, 1.54) is 0 Å².